The molecule has 122 valence electrons. The maximum Gasteiger partial charge on any atom is 0.446 e. The average molecular weight is 323 g/mol. The topological polar surface area (TPSA) is 35.2 Å². The molecule has 0 unspecified atom stereocenters. The van der Waals surface area contributed by atoms with Crippen LogP contribution in [0.3, 0.4) is 0 Å². The molecule has 0 atom stereocenters. The fourth-order valence-electron chi connectivity index (χ4n) is 1.58. The van der Waals surface area contributed by atoms with Crippen molar-refractivity contribution in [2.24, 2.45) is 5.73 Å². The Morgan fingerprint density at radius 1 is 1.24 bits per heavy atom. The number of benzene rings is 1. The predicted molar refractivity (Wildman–Crippen MR) is 83.0 cm³/mol. The van der Waals surface area contributed by atoms with Gasteiger partial charge in [-0.1, -0.05) is 33.8 Å². The molecule has 1 aromatic rings. The van der Waals surface area contributed by atoms with Gasteiger partial charge in [-0.15, -0.1) is 0 Å². The zero-order valence-electron chi connectivity index (χ0n) is 13.0. The van der Waals surface area contributed by atoms with Crippen LogP contribution in [0.2, 0.25) is 0 Å². The van der Waals surface area contributed by atoms with Crippen LogP contribution in [0.25, 0.3) is 0 Å². The van der Waals surface area contributed by atoms with Gasteiger partial charge in [0.2, 0.25) is 0 Å². The molecule has 0 spiro atoms. The minimum Gasteiger partial charge on any atom is -0.493 e. The minimum atomic E-state index is -4.28. The van der Waals surface area contributed by atoms with Crippen LogP contribution < -0.4 is 10.5 Å². The Balaban J connectivity index is 0.00000191. The third kappa shape index (κ3) is 8.21. The predicted octanol–water partition coefficient (Wildman–Crippen LogP) is 5.18. The molecule has 0 fully saturated rings. The van der Waals surface area contributed by atoms with Crippen molar-refractivity contribution in [2.45, 2.75) is 50.4 Å². The monoisotopic (exact) mass is 323 g/mol. The highest BCUT2D eigenvalue weighted by Gasteiger charge is 2.29. The van der Waals surface area contributed by atoms with Crippen molar-refractivity contribution in [1.82, 2.24) is 0 Å². The Morgan fingerprint density at radius 2 is 1.86 bits per heavy atom. The first-order chi connectivity index (χ1) is 9.83. The molecule has 21 heavy (non-hydrogen) atoms. The Bertz CT molecular complexity index is 408. The normalized spacial score (nSPS) is 11.1. The molecule has 0 aliphatic rings. The van der Waals surface area contributed by atoms with Crippen molar-refractivity contribution in [2.75, 3.05) is 13.2 Å². The second-order valence-corrected chi connectivity index (χ2v) is 5.53. The van der Waals surface area contributed by atoms with E-state index >= 15 is 0 Å². The molecule has 0 radical (unpaired) electrons. The third-order valence-corrected chi connectivity index (χ3v) is 3.17. The molecule has 0 aliphatic carbocycles. The van der Waals surface area contributed by atoms with E-state index < -0.39 is 5.51 Å². The molecule has 0 saturated heterocycles. The van der Waals surface area contributed by atoms with Crippen molar-refractivity contribution in [3.8, 4) is 5.75 Å². The molecule has 0 bridgehead atoms. The maximum atomic E-state index is 12.3. The van der Waals surface area contributed by atoms with Gasteiger partial charge in [-0.2, -0.15) is 13.2 Å². The quantitative estimate of drug-likeness (QED) is 0.579. The molecular weight excluding hydrogens is 299 g/mol. The van der Waals surface area contributed by atoms with Crippen LogP contribution in [0.1, 0.15) is 45.6 Å². The number of thioether (sulfide) groups is 1. The number of ether oxygens (including phenoxy) is 1. The lowest BCUT2D eigenvalue weighted by molar-refractivity contribution is -0.0328. The maximum absolute atomic E-state index is 12.3. The lowest BCUT2D eigenvalue weighted by atomic mass is 10.0. The Labute approximate surface area is 129 Å². The van der Waals surface area contributed by atoms with E-state index in [0.717, 1.165) is 5.56 Å². The molecule has 0 saturated carbocycles. The van der Waals surface area contributed by atoms with Gasteiger partial charge in [-0.25, -0.2) is 0 Å². The first kappa shape index (κ1) is 20.1. The molecular formula is C15H24F3NOS. The highest BCUT2D eigenvalue weighted by molar-refractivity contribution is 8.00. The summed E-state index contributed by atoms with van der Waals surface area (Å²) in [6.45, 7) is 8.85. The van der Waals surface area contributed by atoms with E-state index in [1.54, 1.807) is 6.07 Å². The molecule has 2 nitrogen and oxygen atoms in total. The van der Waals surface area contributed by atoms with Gasteiger partial charge >= 0.3 is 5.51 Å². The Morgan fingerprint density at radius 3 is 2.33 bits per heavy atom. The number of rotatable bonds is 6. The summed E-state index contributed by atoms with van der Waals surface area (Å²) in [7, 11) is 0. The largest absolute Gasteiger partial charge is 0.493 e. The summed E-state index contributed by atoms with van der Waals surface area (Å²) in [5.74, 6) is 0.704. The van der Waals surface area contributed by atoms with Crippen LogP contribution in [-0.4, -0.2) is 18.7 Å². The number of hydrogen-bond acceptors (Lipinski definition) is 3. The van der Waals surface area contributed by atoms with Gasteiger partial charge < -0.3 is 10.5 Å². The van der Waals surface area contributed by atoms with Gasteiger partial charge in [0.05, 0.1) is 6.61 Å². The summed E-state index contributed by atoms with van der Waals surface area (Å²) in [4.78, 5) is 0.139. The molecule has 1 rings (SSSR count). The van der Waals surface area contributed by atoms with E-state index in [1.165, 1.54) is 12.1 Å². The van der Waals surface area contributed by atoms with Crippen molar-refractivity contribution in [3.05, 3.63) is 23.8 Å². The summed E-state index contributed by atoms with van der Waals surface area (Å²) in [5.41, 5.74) is 1.99. The van der Waals surface area contributed by atoms with Crippen LogP contribution in [0.15, 0.2) is 23.1 Å². The summed E-state index contributed by atoms with van der Waals surface area (Å²) in [6, 6.07) is 4.61. The van der Waals surface area contributed by atoms with Crippen LogP contribution in [0.4, 0.5) is 13.2 Å². The van der Waals surface area contributed by atoms with E-state index in [4.69, 9.17) is 10.5 Å². The Kier molecular flexibility index (Phi) is 9.53. The second kappa shape index (κ2) is 9.95. The zero-order valence-corrected chi connectivity index (χ0v) is 13.8. The van der Waals surface area contributed by atoms with Gasteiger partial charge in [0.25, 0.3) is 0 Å². The van der Waals surface area contributed by atoms with E-state index in [-0.39, 0.29) is 22.6 Å². The smallest absolute Gasteiger partial charge is 0.446 e. The first-order valence-electron chi connectivity index (χ1n) is 7.06. The van der Waals surface area contributed by atoms with Crippen molar-refractivity contribution < 1.29 is 17.9 Å². The number of alkyl halides is 3. The fourth-order valence-corrected chi connectivity index (χ4v) is 2.15. The summed E-state index contributed by atoms with van der Waals surface area (Å²) < 4.78 is 42.6. The molecule has 0 aliphatic heterocycles. The molecule has 1 aromatic carbocycles. The van der Waals surface area contributed by atoms with Gasteiger partial charge in [-0.05, 0) is 48.3 Å². The molecule has 6 heteroatoms. The van der Waals surface area contributed by atoms with E-state index in [2.05, 4.69) is 0 Å². The van der Waals surface area contributed by atoms with Gasteiger partial charge in [0.15, 0.2) is 0 Å². The Hall–Kier alpha value is -0.880. The third-order valence-electron chi connectivity index (χ3n) is 2.45. The molecule has 0 aromatic heterocycles. The molecule has 0 amide bonds. The first-order valence-corrected chi connectivity index (χ1v) is 7.87. The highest BCUT2D eigenvalue weighted by atomic mass is 32.2. The van der Waals surface area contributed by atoms with Crippen molar-refractivity contribution >= 4 is 11.8 Å². The van der Waals surface area contributed by atoms with Crippen molar-refractivity contribution in [3.63, 3.8) is 0 Å². The summed E-state index contributed by atoms with van der Waals surface area (Å²) >= 11 is -0.130. The SMILES string of the molecule is CC.CC(C)c1ccc(SC(F)(F)F)cc1OCCCN. The molecule has 0 heterocycles. The van der Waals surface area contributed by atoms with Gasteiger partial charge in [0, 0.05) is 4.90 Å². The van der Waals surface area contributed by atoms with E-state index in [9.17, 15) is 13.2 Å². The zero-order chi connectivity index (χ0) is 16.5. The number of hydrogen-bond donors (Lipinski definition) is 1. The second-order valence-electron chi connectivity index (χ2n) is 4.39. The van der Waals surface area contributed by atoms with Gasteiger partial charge in [-0.3, -0.25) is 0 Å². The molecule has 2 N–H and O–H groups in total. The number of nitrogens with two attached hydrogens (primary N) is 1. The van der Waals surface area contributed by atoms with Crippen molar-refractivity contribution in [1.29, 1.82) is 0 Å². The average Bonchev–Trinajstić information content (AvgIpc) is 2.39. The lowest BCUT2D eigenvalue weighted by Crippen LogP contribution is -2.08. The highest BCUT2D eigenvalue weighted by Crippen LogP contribution is 2.39. The van der Waals surface area contributed by atoms with E-state index in [0.29, 0.717) is 25.3 Å². The van der Waals surface area contributed by atoms with Crippen LogP contribution >= 0.6 is 11.8 Å². The summed E-state index contributed by atoms with van der Waals surface area (Å²) in [6.07, 6.45) is 0.675. The van der Waals surface area contributed by atoms with Crippen LogP contribution in [0, 0.1) is 0 Å². The standard InChI is InChI=1S/C13H18F3NOS.C2H6/c1-9(2)11-5-4-10(19-13(14,15)16)8-12(11)18-7-3-6-17;1-2/h4-5,8-9H,3,6-7,17H2,1-2H3;1-2H3. The van der Waals surface area contributed by atoms with Gasteiger partial charge in [0.1, 0.15) is 5.75 Å². The fraction of sp³-hybridized carbons (Fsp3) is 0.600. The lowest BCUT2D eigenvalue weighted by Gasteiger charge is -2.15. The van der Waals surface area contributed by atoms with Crippen LogP contribution in [0.5, 0.6) is 5.75 Å². The minimum absolute atomic E-state index is 0.130. The summed E-state index contributed by atoms with van der Waals surface area (Å²) in [5, 5.41) is 0. The number of halogens is 3. The van der Waals surface area contributed by atoms with Crippen LogP contribution in [-0.2, 0) is 0 Å². The van der Waals surface area contributed by atoms with E-state index in [1.807, 2.05) is 27.7 Å².